The summed E-state index contributed by atoms with van der Waals surface area (Å²) >= 11 is 0. The molecule has 0 saturated heterocycles. The fourth-order valence-corrected chi connectivity index (χ4v) is 12.1. The molecule has 0 heterocycles. The molecule has 3 N–H and O–H groups in total. The third kappa shape index (κ3) is 63.2. The van der Waals surface area contributed by atoms with E-state index < -0.39 is 97.5 Å². The Labute approximate surface area is 543 Å². The zero-order valence-electron chi connectivity index (χ0n) is 57.7. The molecule has 0 amide bonds. The molecule has 0 rings (SSSR count). The number of phosphoric acid groups is 2. The zero-order valence-corrected chi connectivity index (χ0v) is 59.5. The SMILES string of the molecule is CCCCCCCCCCCCC(=O)O[C@H](COC(=O)CCCCCCCCCCC)COP(=O)(O)OC[C@H](O)COP(=O)(O)OC[C@@H](COC(=O)CCCCCCCCCCC(C)CC)OC(=O)CCCCCCCCCCCCCCCCCC(C)C. The summed E-state index contributed by atoms with van der Waals surface area (Å²) in [4.78, 5) is 72.4. The minimum Gasteiger partial charge on any atom is -0.462 e. The second-order valence-electron chi connectivity index (χ2n) is 26.0. The highest BCUT2D eigenvalue weighted by molar-refractivity contribution is 7.47. The molecule has 0 aliphatic rings. The van der Waals surface area contributed by atoms with Crippen LogP contribution in [0.2, 0.25) is 0 Å². The molecular weight excluding hydrogens is 1170 g/mol. The molecule has 17 nitrogen and oxygen atoms in total. The topological polar surface area (TPSA) is 237 Å². The third-order valence-corrected chi connectivity index (χ3v) is 18.5. The van der Waals surface area contributed by atoms with Crippen LogP contribution in [0.15, 0.2) is 0 Å². The van der Waals surface area contributed by atoms with Crippen molar-refractivity contribution in [3.8, 4) is 0 Å². The van der Waals surface area contributed by atoms with Crippen molar-refractivity contribution in [3.05, 3.63) is 0 Å². The maximum atomic E-state index is 13.0. The number of esters is 4. The Kier molecular flexibility index (Phi) is 60.8. The standard InChI is InChI=1S/C70H136O17P2/c1-7-10-12-14-16-18-28-36-42-48-54-69(74)86-65(58-80-67(72)52-46-40-34-26-17-15-13-11-8-2)60-84-88(76,77)82-56-64(71)57-83-89(78,79)85-61-66(59-81-68(73)53-47-41-35-31-30-33-39-45-51-63(6)9-3)87-70(75)55-49-43-37-29-25-23-21-19-20-22-24-27-32-38-44-50-62(4)5/h62-66,71H,7-61H2,1-6H3,(H,76,77)(H,78,79)/t63?,64-,65+,66+/m0/s1. The van der Waals surface area contributed by atoms with E-state index in [1.54, 1.807) is 0 Å². The van der Waals surface area contributed by atoms with Crippen molar-refractivity contribution >= 4 is 39.5 Å². The predicted molar refractivity (Wildman–Crippen MR) is 358 cm³/mol. The highest BCUT2D eigenvalue weighted by atomic mass is 31.2. The smallest absolute Gasteiger partial charge is 0.462 e. The molecule has 6 atom stereocenters. The van der Waals surface area contributed by atoms with Gasteiger partial charge in [0.15, 0.2) is 12.2 Å². The Bertz CT molecular complexity index is 1740. The van der Waals surface area contributed by atoms with Crippen LogP contribution < -0.4 is 0 Å². The van der Waals surface area contributed by atoms with E-state index in [-0.39, 0.29) is 25.7 Å². The maximum absolute atomic E-state index is 13.0. The fraction of sp³-hybridized carbons (Fsp3) is 0.943. The zero-order chi connectivity index (χ0) is 65.7. The first-order valence-electron chi connectivity index (χ1n) is 36.5. The van der Waals surface area contributed by atoms with Crippen LogP contribution in [0.1, 0.15) is 356 Å². The lowest BCUT2D eigenvalue weighted by molar-refractivity contribution is -0.161. The molecule has 528 valence electrons. The van der Waals surface area contributed by atoms with E-state index in [0.717, 1.165) is 102 Å². The first-order chi connectivity index (χ1) is 42.9. The Morgan fingerprint density at radius 1 is 0.326 bits per heavy atom. The van der Waals surface area contributed by atoms with Gasteiger partial charge in [-0.2, -0.15) is 0 Å². The number of ether oxygens (including phenoxy) is 4. The van der Waals surface area contributed by atoms with Crippen LogP contribution in [0, 0.1) is 11.8 Å². The lowest BCUT2D eigenvalue weighted by atomic mass is 9.99. The van der Waals surface area contributed by atoms with E-state index in [1.165, 1.54) is 173 Å². The van der Waals surface area contributed by atoms with Crippen molar-refractivity contribution in [3.63, 3.8) is 0 Å². The maximum Gasteiger partial charge on any atom is 0.472 e. The van der Waals surface area contributed by atoms with Crippen LogP contribution in [-0.2, 0) is 65.4 Å². The Hall–Kier alpha value is -1.94. The van der Waals surface area contributed by atoms with Crippen molar-refractivity contribution in [1.29, 1.82) is 0 Å². The summed E-state index contributed by atoms with van der Waals surface area (Å²) in [5, 5.41) is 10.6. The van der Waals surface area contributed by atoms with Gasteiger partial charge in [0, 0.05) is 25.7 Å². The molecule has 0 aromatic rings. The summed E-state index contributed by atoms with van der Waals surface area (Å²) in [6.07, 6.45) is 47.1. The quantitative estimate of drug-likeness (QED) is 0.0222. The van der Waals surface area contributed by atoms with Gasteiger partial charge in [0.2, 0.25) is 0 Å². The van der Waals surface area contributed by atoms with E-state index in [0.29, 0.717) is 25.7 Å². The molecule has 0 aromatic heterocycles. The van der Waals surface area contributed by atoms with Crippen LogP contribution in [0.25, 0.3) is 0 Å². The first-order valence-corrected chi connectivity index (χ1v) is 39.5. The number of phosphoric ester groups is 2. The average molecular weight is 1310 g/mol. The minimum atomic E-state index is -4.95. The van der Waals surface area contributed by atoms with Gasteiger partial charge in [-0.1, -0.05) is 305 Å². The number of unbranched alkanes of at least 4 members (excludes halogenated alkanes) is 38. The lowest BCUT2D eigenvalue weighted by Gasteiger charge is -2.21. The van der Waals surface area contributed by atoms with Gasteiger partial charge in [-0.3, -0.25) is 37.3 Å². The third-order valence-electron chi connectivity index (χ3n) is 16.6. The van der Waals surface area contributed by atoms with E-state index in [9.17, 15) is 43.2 Å². The van der Waals surface area contributed by atoms with E-state index >= 15 is 0 Å². The van der Waals surface area contributed by atoms with Gasteiger partial charge in [-0.05, 0) is 37.5 Å². The van der Waals surface area contributed by atoms with Gasteiger partial charge in [-0.25, -0.2) is 9.13 Å². The largest absolute Gasteiger partial charge is 0.472 e. The van der Waals surface area contributed by atoms with Crippen LogP contribution in [-0.4, -0.2) is 96.7 Å². The Balaban J connectivity index is 5.21. The highest BCUT2D eigenvalue weighted by Gasteiger charge is 2.30. The molecule has 0 saturated carbocycles. The summed E-state index contributed by atoms with van der Waals surface area (Å²) in [7, 11) is -9.90. The Morgan fingerprint density at radius 3 is 0.854 bits per heavy atom. The van der Waals surface area contributed by atoms with Crippen LogP contribution in [0.5, 0.6) is 0 Å². The number of carbonyl (C=O) groups excluding carboxylic acids is 4. The van der Waals surface area contributed by atoms with Gasteiger partial charge in [0.1, 0.15) is 19.3 Å². The van der Waals surface area contributed by atoms with E-state index in [2.05, 4.69) is 41.5 Å². The van der Waals surface area contributed by atoms with Gasteiger partial charge < -0.3 is 33.8 Å². The summed E-state index contributed by atoms with van der Waals surface area (Å²) in [6.45, 7) is 9.55. The van der Waals surface area contributed by atoms with Gasteiger partial charge >= 0.3 is 39.5 Å². The fourth-order valence-electron chi connectivity index (χ4n) is 10.6. The highest BCUT2D eigenvalue weighted by Crippen LogP contribution is 2.45. The summed E-state index contributed by atoms with van der Waals surface area (Å²) in [6, 6.07) is 0. The van der Waals surface area contributed by atoms with Gasteiger partial charge in [0.05, 0.1) is 26.4 Å². The number of carbonyl (C=O) groups is 4. The number of hydrogen-bond acceptors (Lipinski definition) is 15. The Morgan fingerprint density at radius 2 is 0.573 bits per heavy atom. The van der Waals surface area contributed by atoms with E-state index in [4.69, 9.17) is 37.0 Å². The second-order valence-corrected chi connectivity index (χ2v) is 28.9. The van der Waals surface area contributed by atoms with Crippen LogP contribution in [0.3, 0.4) is 0 Å². The molecule has 0 aromatic carbocycles. The first kappa shape index (κ1) is 87.1. The molecule has 0 aliphatic carbocycles. The summed E-state index contributed by atoms with van der Waals surface area (Å²) < 4.78 is 68.2. The molecule has 0 fully saturated rings. The van der Waals surface area contributed by atoms with Crippen molar-refractivity contribution in [1.82, 2.24) is 0 Å². The monoisotopic (exact) mass is 1310 g/mol. The molecule has 0 radical (unpaired) electrons. The minimum absolute atomic E-state index is 0.106. The molecule has 0 aliphatic heterocycles. The number of aliphatic hydroxyl groups is 1. The molecular formula is C70H136O17P2. The predicted octanol–water partition coefficient (Wildman–Crippen LogP) is 20.0. The van der Waals surface area contributed by atoms with Crippen molar-refractivity contribution in [2.24, 2.45) is 11.8 Å². The van der Waals surface area contributed by atoms with Crippen molar-refractivity contribution in [2.75, 3.05) is 39.6 Å². The molecule has 0 bridgehead atoms. The normalized spacial score (nSPS) is 14.4. The molecule has 3 unspecified atom stereocenters. The molecule has 0 spiro atoms. The molecule has 19 heteroatoms. The lowest BCUT2D eigenvalue weighted by Crippen LogP contribution is -2.30. The van der Waals surface area contributed by atoms with Gasteiger partial charge in [0.25, 0.3) is 0 Å². The summed E-state index contributed by atoms with van der Waals surface area (Å²) in [5.41, 5.74) is 0. The van der Waals surface area contributed by atoms with Crippen LogP contribution in [0.4, 0.5) is 0 Å². The second kappa shape index (κ2) is 62.2. The average Bonchev–Trinajstić information content (AvgIpc) is 3.69. The van der Waals surface area contributed by atoms with Gasteiger partial charge in [-0.15, -0.1) is 0 Å². The number of hydrogen-bond donors (Lipinski definition) is 3. The van der Waals surface area contributed by atoms with Crippen molar-refractivity contribution in [2.45, 2.75) is 374 Å². The number of aliphatic hydroxyl groups excluding tert-OH is 1. The molecule has 89 heavy (non-hydrogen) atoms. The summed E-state index contributed by atoms with van der Waals surface area (Å²) in [5.74, 6) is -0.545. The van der Waals surface area contributed by atoms with Crippen LogP contribution >= 0.6 is 15.6 Å². The number of rotatable bonds is 69. The van der Waals surface area contributed by atoms with Crippen molar-refractivity contribution < 1.29 is 80.2 Å². The van der Waals surface area contributed by atoms with E-state index in [1.807, 2.05) is 0 Å².